The van der Waals surface area contributed by atoms with Gasteiger partial charge in [-0.1, -0.05) is 11.8 Å². The van der Waals surface area contributed by atoms with Crippen LogP contribution in [0, 0.1) is 0 Å². The molecule has 1 aliphatic heterocycles. The summed E-state index contributed by atoms with van der Waals surface area (Å²) in [6.07, 6.45) is 0. The van der Waals surface area contributed by atoms with Gasteiger partial charge in [0.25, 0.3) is 0 Å². The van der Waals surface area contributed by atoms with E-state index in [1.807, 2.05) is 0 Å². The average Bonchev–Trinajstić information content (AvgIpc) is 2.82. The fourth-order valence-electron chi connectivity index (χ4n) is 1.43. The van der Waals surface area contributed by atoms with Gasteiger partial charge in [0.2, 0.25) is 0 Å². The molecule has 1 rings (SSSR count). The maximum atomic E-state index is 11.5. The van der Waals surface area contributed by atoms with Crippen LogP contribution in [-0.2, 0) is 19.1 Å². The minimum atomic E-state index is -0.364. The summed E-state index contributed by atoms with van der Waals surface area (Å²) in [5.41, 5.74) is 0. The zero-order chi connectivity index (χ0) is 13.4. The van der Waals surface area contributed by atoms with Gasteiger partial charge < -0.3 is 14.4 Å². The van der Waals surface area contributed by atoms with Crippen molar-refractivity contribution in [2.24, 2.45) is 4.99 Å². The number of nitrogens with zero attached hydrogens (tertiary/aromatic N) is 2. The first kappa shape index (κ1) is 14.8. The Morgan fingerprint density at radius 2 is 1.78 bits per heavy atom. The molecule has 0 N–H and O–H groups in total. The lowest BCUT2D eigenvalue weighted by atomic mass is 10.5. The molecule has 6 nitrogen and oxygen atoms in total. The van der Waals surface area contributed by atoms with Crippen molar-refractivity contribution in [1.29, 1.82) is 0 Å². The highest BCUT2D eigenvalue weighted by atomic mass is 32.2. The first-order valence-electron chi connectivity index (χ1n) is 5.90. The van der Waals surface area contributed by atoms with Crippen LogP contribution in [0.25, 0.3) is 0 Å². The van der Waals surface area contributed by atoms with Crippen molar-refractivity contribution in [3.8, 4) is 0 Å². The quantitative estimate of drug-likeness (QED) is 0.658. The zero-order valence-electron chi connectivity index (χ0n) is 10.7. The summed E-state index contributed by atoms with van der Waals surface area (Å²) in [5.74, 6) is 0.145. The van der Waals surface area contributed by atoms with Crippen molar-refractivity contribution < 1.29 is 19.1 Å². The fourth-order valence-corrected chi connectivity index (χ4v) is 2.29. The monoisotopic (exact) mass is 274 g/mol. The minimum Gasteiger partial charge on any atom is -0.465 e. The molecular formula is C11H18N2O4S. The van der Waals surface area contributed by atoms with E-state index in [-0.39, 0.29) is 25.0 Å². The third kappa shape index (κ3) is 4.95. The first-order valence-corrected chi connectivity index (χ1v) is 6.89. The van der Waals surface area contributed by atoms with E-state index in [1.54, 1.807) is 18.7 Å². The van der Waals surface area contributed by atoms with E-state index in [9.17, 15) is 9.59 Å². The molecule has 0 bridgehead atoms. The molecule has 0 aromatic rings. The Morgan fingerprint density at radius 1 is 1.22 bits per heavy atom. The van der Waals surface area contributed by atoms with E-state index in [0.29, 0.717) is 24.9 Å². The van der Waals surface area contributed by atoms with Crippen LogP contribution in [0.2, 0.25) is 0 Å². The molecule has 0 unspecified atom stereocenters. The lowest BCUT2D eigenvalue weighted by Gasteiger charge is -2.21. The number of ether oxygens (including phenoxy) is 2. The van der Waals surface area contributed by atoms with Crippen LogP contribution in [0.15, 0.2) is 4.99 Å². The molecule has 0 atom stereocenters. The highest BCUT2D eigenvalue weighted by Crippen LogP contribution is 2.15. The summed E-state index contributed by atoms with van der Waals surface area (Å²) in [6.45, 7) is 4.90. The number of amidine groups is 1. The molecule has 1 aliphatic rings. The second-order valence-electron chi connectivity index (χ2n) is 3.48. The lowest BCUT2D eigenvalue weighted by Crippen LogP contribution is -2.38. The number of carbonyl (C=O) groups is 2. The number of rotatable bonds is 6. The van der Waals surface area contributed by atoms with Gasteiger partial charge in [-0.15, -0.1) is 0 Å². The lowest BCUT2D eigenvalue weighted by molar-refractivity contribution is -0.146. The number of aliphatic imine (C=N–C) groups is 1. The van der Waals surface area contributed by atoms with Gasteiger partial charge in [0, 0.05) is 5.75 Å². The minimum absolute atomic E-state index is 0.0263. The standard InChI is InChI=1S/C11H18N2O4S/c1-3-16-9(14)7-13(8-10(15)17-4-2)11-12-5-6-18-11/h3-8H2,1-2H3. The summed E-state index contributed by atoms with van der Waals surface area (Å²) >= 11 is 1.53. The second-order valence-corrected chi connectivity index (χ2v) is 4.54. The maximum absolute atomic E-state index is 11.5. The molecule has 0 aromatic carbocycles. The van der Waals surface area contributed by atoms with E-state index in [4.69, 9.17) is 9.47 Å². The molecule has 0 saturated carbocycles. The van der Waals surface area contributed by atoms with Gasteiger partial charge in [0.1, 0.15) is 13.1 Å². The Bertz CT molecular complexity index is 313. The molecule has 102 valence electrons. The van der Waals surface area contributed by atoms with Crippen molar-refractivity contribution in [1.82, 2.24) is 4.90 Å². The van der Waals surface area contributed by atoms with Crippen molar-refractivity contribution >= 4 is 28.9 Å². The van der Waals surface area contributed by atoms with Crippen molar-refractivity contribution in [3.05, 3.63) is 0 Å². The zero-order valence-corrected chi connectivity index (χ0v) is 11.5. The SMILES string of the molecule is CCOC(=O)CN(CC(=O)OCC)C1=NCCS1. The summed E-state index contributed by atoms with van der Waals surface area (Å²) in [6, 6.07) is 0. The molecule has 1 heterocycles. The van der Waals surface area contributed by atoms with Gasteiger partial charge in [-0.05, 0) is 13.8 Å². The smallest absolute Gasteiger partial charge is 0.325 e. The van der Waals surface area contributed by atoms with Gasteiger partial charge >= 0.3 is 11.9 Å². The Morgan fingerprint density at radius 3 is 2.17 bits per heavy atom. The van der Waals surface area contributed by atoms with E-state index < -0.39 is 0 Å². The largest absolute Gasteiger partial charge is 0.465 e. The highest BCUT2D eigenvalue weighted by Gasteiger charge is 2.22. The molecule has 7 heteroatoms. The van der Waals surface area contributed by atoms with Crippen LogP contribution in [-0.4, -0.2) is 60.6 Å². The Labute approximate surface area is 111 Å². The average molecular weight is 274 g/mol. The van der Waals surface area contributed by atoms with Gasteiger partial charge in [-0.2, -0.15) is 0 Å². The molecule has 0 spiro atoms. The van der Waals surface area contributed by atoms with Crippen LogP contribution in [0.1, 0.15) is 13.8 Å². The number of thioether (sulfide) groups is 1. The molecule has 0 saturated heterocycles. The molecule has 0 aromatic heterocycles. The summed E-state index contributed by atoms with van der Waals surface area (Å²) < 4.78 is 9.75. The topological polar surface area (TPSA) is 68.2 Å². The van der Waals surface area contributed by atoms with Gasteiger partial charge in [-0.3, -0.25) is 14.6 Å². The first-order chi connectivity index (χ1) is 8.67. The molecule has 0 aliphatic carbocycles. The Kier molecular flexibility index (Phi) is 6.56. The summed E-state index contributed by atoms with van der Waals surface area (Å²) in [4.78, 5) is 28.8. The van der Waals surface area contributed by atoms with Gasteiger partial charge in [-0.25, -0.2) is 0 Å². The second kappa shape index (κ2) is 7.97. The molecule has 0 fully saturated rings. The van der Waals surface area contributed by atoms with Crippen molar-refractivity contribution in [3.63, 3.8) is 0 Å². The van der Waals surface area contributed by atoms with E-state index in [2.05, 4.69) is 4.99 Å². The number of esters is 2. The molecule has 18 heavy (non-hydrogen) atoms. The van der Waals surface area contributed by atoms with E-state index in [0.717, 1.165) is 5.75 Å². The third-order valence-electron chi connectivity index (χ3n) is 2.09. The maximum Gasteiger partial charge on any atom is 0.325 e. The Hall–Kier alpha value is -1.24. The Balaban J connectivity index is 2.57. The van der Waals surface area contributed by atoms with Crippen LogP contribution in [0.4, 0.5) is 0 Å². The van der Waals surface area contributed by atoms with Gasteiger partial charge in [0.15, 0.2) is 5.17 Å². The van der Waals surface area contributed by atoms with Crippen LogP contribution < -0.4 is 0 Å². The van der Waals surface area contributed by atoms with Crippen LogP contribution in [0.3, 0.4) is 0 Å². The normalized spacial score (nSPS) is 14.0. The van der Waals surface area contributed by atoms with Crippen molar-refractivity contribution in [2.75, 3.05) is 38.6 Å². The van der Waals surface area contributed by atoms with Crippen molar-refractivity contribution in [2.45, 2.75) is 13.8 Å². The molecule has 0 amide bonds. The van der Waals surface area contributed by atoms with Crippen LogP contribution in [0.5, 0.6) is 0 Å². The van der Waals surface area contributed by atoms with E-state index >= 15 is 0 Å². The predicted molar refractivity (Wildman–Crippen MR) is 69.6 cm³/mol. The summed E-state index contributed by atoms with van der Waals surface area (Å²) in [7, 11) is 0. The number of carbonyl (C=O) groups excluding carboxylic acids is 2. The van der Waals surface area contributed by atoms with Gasteiger partial charge in [0.05, 0.1) is 19.8 Å². The van der Waals surface area contributed by atoms with E-state index in [1.165, 1.54) is 11.8 Å². The highest BCUT2D eigenvalue weighted by molar-refractivity contribution is 8.14. The molecule has 0 radical (unpaired) electrons. The van der Waals surface area contributed by atoms with Crippen LogP contribution >= 0.6 is 11.8 Å². The number of hydrogen-bond acceptors (Lipinski definition) is 7. The third-order valence-corrected chi connectivity index (χ3v) is 3.12. The summed E-state index contributed by atoms with van der Waals surface area (Å²) in [5, 5.41) is 0.705. The molecular weight excluding hydrogens is 256 g/mol. The fraction of sp³-hybridized carbons (Fsp3) is 0.727. The predicted octanol–water partition coefficient (Wildman–Crippen LogP) is 0.517. The number of hydrogen-bond donors (Lipinski definition) is 0.